The monoisotopic (exact) mass is 276 g/mol. The Balaban J connectivity index is 3.03. The highest BCUT2D eigenvalue weighted by Gasteiger charge is 2.23. The first-order valence-electron chi connectivity index (χ1n) is 5.59. The van der Waals surface area contributed by atoms with Crippen molar-refractivity contribution in [2.75, 3.05) is 7.05 Å². The number of nitrogens with one attached hydrogen (secondary N) is 1. The molecule has 0 heterocycles. The number of amides is 1. The maximum atomic E-state index is 11.9. The number of carbonyl (C=O) groups excluding carboxylic acids is 2. The fourth-order valence-electron chi connectivity index (χ4n) is 1.55. The molecule has 0 aromatic heterocycles. The normalized spacial score (nSPS) is 12.4. The molecular weight excluding hydrogens is 264 g/mol. The second-order valence-electron chi connectivity index (χ2n) is 3.89. The molecule has 1 unspecified atom stereocenters. The predicted octanol–water partition coefficient (Wildman–Crippen LogP) is 2.20. The summed E-state index contributed by atoms with van der Waals surface area (Å²) < 4.78 is 0. The lowest BCUT2D eigenvalue weighted by Gasteiger charge is -2.06. The van der Waals surface area contributed by atoms with Crippen LogP contribution in [0.1, 0.15) is 12.5 Å². The summed E-state index contributed by atoms with van der Waals surface area (Å²) >= 11 is 6.01. The van der Waals surface area contributed by atoms with Gasteiger partial charge in [-0.3, -0.25) is 9.59 Å². The highest BCUT2D eigenvalue weighted by Crippen LogP contribution is 2.23. The number of halogens is 1. The fraction of sp³-hybridized carbons (Fsp3) is 0.214. The van der Waals surface area contributed by atoms with Crippen LogP contribution in [-0.4, -0.2) is 18.7 Å². The highest BCUT2D eigenvalue weighted by atomic mass is 35.5. The molecule has 0 radical (unpaired) electrons. The number of allylic oxidation sites excluding steroid dienone is 2. The molecule has 0 aliphatic heterocycles. The smallest absolute Gasteiger partial charge is 0.245 e. The van der Waals surface area contributed by atoms with E-state index in [0.29, 0.717) is 16.2 Å². The molecule has 1 atom stereocenters. The van der Waals surface area contributed by atoms with Crippen molar-refractivity contribution in [1.82, 2.24) is 5.32 Å². The summed E-state index contributed by atoms with van der Waals surface area (Å²) in [5.74, 6) is -2.50. The molecule has 0 aliphatic carbocycles. The number of ketones is 1. The van der Waals surface area contributed by atoms with Gasteiger partial charge in [-0.25, -0.2) is 0 Å². The van der Waals surface area contributed by atoms with E-state index in [9.17, 15) is 9.59 Å². The molecular formula is C14H13ClN2O2. The molecule has 0 bridgehead atoms. The van der Waals surface area contributed by atoms with Gasteiger partial charge >= 0.3 is 0 Å². The molecule has 98 valence electrons. The Morgan fingerprint density at radius 1 is 1.42 bits per heavy atom. The maximum Gasteiger partial charge on any atom is 0.245 e. The lowest BCUT2D eigenvalue weighted by Crippen LogP contribution is -2.31. The van der Waals surface area contributed by atoms with Crippen LogP contribution in [0.2, 0.25) is 5.02 Å². The van der Waals surface area contributed by atoms with Crippen LogP contribution in [0.4, 0.5) is 0 Å². The van der Waals surface area contributed by atoms with Crippen molar-refractivity contribution < 1.29 is 9.59 Å². The second kappa shape index (κ2) is 6.72. The van der Waals surface area contributed by atoms with E-state index in [2.05, 4.69) is 5.32 Å². The maximum absolute atomic E-state index is 11.9. The fourth-order valence-corrected chi connectivity index (χ4v) is 1.84. The first-order valence-corrected chi connectivity index (χ1v) is 5.97. The van der Waals surface area contributed by atoms with Crippen LogP contribution in [0.25, 0.3) is 5.57 Å². The van der Waals surface area contributed by atoms with E-state index >= 15 is 0 Å². The molecule has 5 heteroatoms. The molecule has 0 aliphatic rings. The van der Waals surface area contributed by atoms with Gasteiger partial charge in [-0.15, -0.1) is 0 Å². The Morgan fingerprint density at radius 3 is 2.58 bits per heavy atom. The van der Waals surface area contributed by atoms with Crippen molar-refractivity contribution in [3.05, 3.63) is 40.9 Å². The van der Waals surface area contributed by atoms with Gasteiger partial charge in [0.2, 0.25) is 5.91 Å². The van der Waals surface area contributed by atoms with Gasteiger partial charge in [0.25, 0.3) is 0 Å². The average Bonchev–Trinajstić information content (AvgIpc) is 2.39. The van der Waals surface area contributed by atoms with Crippen LogP contribution in [-0.2, 0) is 9.59 Å². The first kappa shape index (κ1) is 14.9. The van der Waals surface area contributed by atoms with Crippen molar-refractivity contribution in [3.63, 3.8) is 0 Å². The van der Waals surface area contributed by atoms with Gasteiger partial charge in [0.1, 0.15) is 0 Å². The minimum absolute atomic E-state index is 0.512. The Hall–Kier alpha value is -2.12. The summed E-state index contributed by atoms with van der Waals surface area (Å²) in [7, 11) is 1.38. The minimum atomic E-state index is -1.33. The molecule has 1 rings (SSSR count). The molecule has 0 saturated heterocycles. The minimum Gasteiger partial charge on any atom is -0.358 e. The van der Waals surface area contributed by atoms with E-state index in [1.54, 1.807) is 37.3 Å². The van der Waals surface area contributed by atoms with Crippen molar-refractivity contribution in [3.8, 4) is 6.07 Å². The van der Waals surface area contributed by atoms with E-state index in [-0.39, 0.29) is 0 Å². The molecule has 0 spiro atoms. The zero-order valence-corrected chi connectivity index (χ0v) is 11.4. The van der Waals surface area contributed by atoms with E-state index in [1.807, 2.05) is 0 Å². The number of hydrogen-bond donors (Lipinski definition) is 1. The first-order chi connectivity index (χ1) is 9.01. The third kappa shape index (κ3) is 3.67. The molecule has 0 fully saturated rings. The summed E-state index contributed by atoms with van der Waals surface area (Å²) in [5, 5.41) is 11.6. The van der Waals surface area contributed by atoms with Gasteiger partial charge in [0, 0.05) is 12.1 Å². The Morgan fingerprint density at radius 2 is 2.05 bits per heavy atom. The SMILES string of the molecule is CNC(=O)C(C#N)C(=O)/C=C(\C)c1ccccc1Cl. The molecule has 0 saturated carbocycles. The average molecular weight is 277 g/mol. The lowest BCUT2D eigenvalue weighted by atomic mass is 10.00. The molecule has 1 aromatic carbocycles. The van der Waals surface area contributed by atoms with Gasteiger partial charge in [-0.1, -0.05) is 29.8 Å². The van der Waals surface area contributed by atoms with Gasteiger partial charge in [-0.2, -0.15) is 5.26 Å². The van der Waals surface area contributed by atoms with Crippen LogP contribution in [0.3, 0.4) is 0 Å². The molecule has 1 aromatic rings. The number of carbonyl (C=O) groups is 2. The molecule has 1 amide bonds. The van der Waals surface area contributed by atoms with Crippen LogP contribution < -0.4 is 5.32 Å². The largest absolute Gasteiger partial charge is 0.358 e. The Bertz CT molecular complexity index is 573. The van der Waals surface area contributed by atoms with E-state index in [1.165, 1.54) is 13.1 Å². The second-order valence-corrected chi connectivity index (χ2v) is 4.29. The van der Waals surface area contributed by atoms with Gasteiger partial charge < -0.3 is 5.32 Å². The summed E-state index contributed by atoms with van der Waals surface area (Å²) in [6.45, 7) is 1.71. The summed E-state index contributed by atoms with van der Waals surface area (Å²) in [4.78, 5) is 23.2. The third-order valence-corrected chi connectivity index (χ3v) is 2.91. The van der Waals surface area contributed by atoms with Gasteiger partial charge in [0.15, 0.2) is 11.7 Å². The van der Waals surface area contributed by atoms with Crippen LogP contribution in [0, 0.1) is 17.2 Å². The van der Waals surface area contributed by atoms with Crippen molar-refractivity contribution in [2.45, 2.75) is 6.92 Å². The van der Waals surface area contributed by atoms with Gasteiger partial charge in [-0.05, 0) is 30.2 Å². The lowest BCUT2D eigenvalue weighted by molar-refractivity contribution is -0.129. The standard InChI is InChI=1S/C14H13ClN2O2/c1-9(10-5-3-4-6-12(10)15)7-13(18)11(8-16)14(19)17-2/h3-7,11H,1-2H3,(H,17,19)/b9-7+. The third-order valence-electron chi connectivity index (χ3n) is 2.58. The molecule has 4 nitrogen and oxygen atoms in total. The number of benzene rings is 1. The molecule has 1 N–H and O–H groups in total. The predicted molar refractivity (Wildman–Crippen MR) is 73.3 cm³/mol. The highest BCUT2D eigenvalue weighted by molar-refractivity contribution is 6.32. The van der Waals surface area contributed by atoms with Crippen LogP contribution in [0.15, 0.2) is 30.3 Å². The summed E-state index contributed by atoms with van der Waals surface area (Å²) in [6.07, 6.45) is 1.27. The van der Waals surface area contributed by atoms with Crippen LogP contribution in [0.5, 0.6) is 0 Å². The number of rotatable bonds is 4. The van der Waals surface area contributed by atoms with Gasteiger partial charge in [0.05, 0.1) is 6.07 Å². The number of nitriles is 1. The topological polar surface area (TPSA) is 70.0 Å². The van der Waals surface area contributed by atoms with E-state index in [0.717, 1.165) is 0 Å². The summed E-state index contributed by atoms with van der Waals surface area (Å²) in [6, 6.07) is 8.74. The molecule has 19 heavy (non-hydrogen) atoms. The number of hydrogen-bond acceptors (Lipinski definition) is 3. The van der Waals surface area contributed by atoms with E-state index < -0.39 is 17.6 Å². The van der Waals surface area contributed by atoms with Crippen LogP contribution >= 0.6 is 11.6 Å². The zero-order chi connectivity index (χ0) is 14.4. The van der Waals surface area contributed by atoms with Crippen molar-refractivity contribution in [1.29, 1.82) is 5.26 Å². The van der Waals surface area contributed by atoms with E-state index in [4.69, 9.17) is 16.9 Å². The Kier molecular flexibility index (Phi) is 5.28. The van der Waals surface area contributed by atoms with Crippen molar-refractivity contribution >= 4 is 28.9 Å². The Labute approximate surface area is 116 Å². The van der Waals surface area contributed by atoms with Crippen molar-refractivity contribution in [2.24, 2.45) is 5.92 Å². The zero-order valence-electron chi connectivity index (χ0n) is 10.6. The quantitative estimate of drug-likeness (QED) is 0.677. The summed E-state index contributed by atoms with van der Waals surface area (Å²) in [5.41, 5.74) is 1.31. The number of nitrogens with zero attached hydrogens (tertiary/aromatic N) is 1.